The van der Waals surface area contributed by atoms with Crippen molar-refractivity contribution in [3.63, 3.8) is 0 Å². The molecule has 1 aliphatic carbocycles. The van der Waals surface area contributed by atoms with Crippen molar-refractivity contribution >= 4 is 15.9 Å². The maximum atomic E-state index is 9.22. The summed E-state index contributed by atoms with van der Waals surface area (Å²) >= 11 is 3.60. The SMILES string of the molecule is CC1(C)CC(Br)(C#N)C1N1CCOCC1. The third-order valence-electron chi connectivity index (χ3n) is 3.48. The molecule has 2 rings (SSSR count). The van der Waals surface area contributed by atoms with Crippen LogP contribution in [-0.4, -0.2) is 41.6 Å². The van der Waals surface area contributed by atoms with Gasteiger partial charge in [-0.25, -0.2) is 0 Å². The topological polar surface area (TPSA) is 36.3 Å². The summed E-state index contributed by atoms with van der Waals surface area (Å²) in [6.07, 6.45) is 0.929. The molecule has 1 saturated carbocycles. The average Bonchev–Trinajstić information content (AvgIpc) is 2.17. The van der Waals surface area contributed by atoms with Crippen molar-refractivity contribution in [3.05, 3.63) is 0 Å². The molecule has 2 aliphatic rings. The molecule has 0 aromatic carbocycles. The number of halogens is 1. The van der Waals surface area contributed by atoms with E-state index in [0.717, 1.165) is 32.7 Å². The molecule has 0 amide bonds. The Balaban J connectivity index is 2.14. The summed E-state index contributed by atoms with van der Waals surface area (Å²) in [5.41, 5.74) is 0.233. The second kappa shape index (κ2) is 3.73. The smallest absolute Gasteiger partial charge is 0.128 e. The Morgan fingerprint density at radius 1 is 1.40 bits per heavy atom. The molecular formula is C11H17BrN2O. The van der Waals surface area contributed by atoms with Crippen molar-refractivity contribution in [2.75, 3.05) is 26.3 Å². The molecule has 0 spiro atoms. The Bertz CT molecular complexity index is 293. The van der Waals surface area contributed by atoms with Crippen LogP contribution < -0.4 is 0 Å². The van der Waals surface area contributed by atoms with Gasteiger partial charge in [-0.3, -0.25) is 4.90 Å². The van der Waals surface area contributed by atoms with Gasteiger partial charge in [0, 0.05) is 19.1 Å². The van der Waals surface area contributed by atoms with Crippen LogP contribution in [0.5, 0.6) is 0 Å². The molecule has 15 heavy (non-hydrogen) atoms. The minimum Gasteiger partial charge on any atom is -0.379 e. The maximum absolute atomic E-state index is 9.22. The number of nitrogens with zero attached hydrogens (tertiary/aromatic N) is 2. The van der Waals surface area contributed by atoms with Gasteiger partial charge in [-0.15, -0.1) is 0 Å². The molecule has 0 aromatic heterocycles. The molecule has 1 heterocycles. The van der Waals surface area contributed by atoms with E-state index in [1.807, 2.05) is 0 Å². The van der Waals surface area contributed by atoms with E-state index in [1.165, 1.54) is 0 Å². The number of nitriles is 1. The van der Waals surface area contributed by atoms with Crippen LogP contribution >= 0.6 is 15.9 Å². The molecule has 0 aromatic rings. The van der Waals surface area contributed by atoms with Gasteiger partial charge in [0.2, 0.25) is 0 Å². The minimum atomic E-state index is -0.339. The van der Waals surface area contributed by atoms with Gasteiger partial charge in [0.1, 0.15) is 4.32 Å². The first-order valence-corrected chi connectivity index (χ1v) is 6.21. The zero-order valence-electron chi connectivity index (χ0n) is 9.29. The van der Waals surface area contributed by atoms with Crippen molar-refractivity contribution in [2.45, 2.75) is 30.6 Å². The van der Waals surface area contributed by atoms with Crippen molar-refractivity contribution in [1.29, 1.82) is 5.26 Å². The van der Waals surface area contributed by atoms with Crippen molar-refractivity contribution in [3.8, 4) is 6.07 Å². The first-order valence-electron chi connectivity index (χ1n) is 5.42. The van der Waals surface area contributed by atoms with Crippen LogP contribution in [0.3, 0.4) is 0 Å². The molecule has 2 atom stereocenters. The van der Waals surface area contributed by atoms with Crippen LogP contribution in [0, 0.1) is 16.7 Å². The minimum absolute atomic E-state index is 0.233. The second-order valence-electron chi connectivity index (χ2n) is 5.19. The van der Waals surface area contributed by atoms with Gasteiger partial charge in [-0.1, -0.05) is 29.8 Å². The van der Waals surface area contributed by atoms with E-state index in [2.05, 4.69) is 40.7 Å². The number of rotatable bonds is 1. The van der Waals surface area contributed by atoms with E-state index in [1.54, 1.807) is 0 Å². The second-order valence-corrected chi connectivity index (χ2v) is 6.61. The molecule has 0 radical (unpaired) electrons. The molecule has 2 unspecified atom stereocenters. The predicted molar refractivity (Wildman–Crippen MR) is 61.8 cm³/mol. The summed E-state index contributed by atoms with van der Waals surface area (Å²) in [7, 11) is 0. The number of morpholine rings is 1. The van der Waals surface area contributed by atoms with E-state index >= 15 is 0 Å². The summed E-state index contributed by atoms with van der Waals surface area (Å²) in [5, 5.41) is 9.22. The Kier molecular flexibility index (Phi) is 2.83. The van der Waals surface area contributed by atoms with E-state index in [0.29, 0.717) is 6.04 Å². The van der Waals surface area contributed by atoms with Crippen LogP contribution in [0.4, 0.5) is 0 Å². The summed E-state index contributed by atoms with van der Waals surface area (Å²) in [6, 6.07) is 2.73. The largest absolute Gasteiger partial charge is 0.379 e. The van der Waals surface area contributed by atoms with Crippen molar-refractivity contribution in [1.82, 2.24) is 4.90 Å². The maximum Gasteiger partial charge on any atom is 0.128 e. The van der Waals surface area contributed by atoms with Gasteiger partial charge in [0.05, 0.1) is 19.3 Å². The molecule has 0 N–H and O–H groups in total. The Labute approximate surface area is 99.5 Å². The summed E-state index contributed by atoms with van der Waals surface area (Å²) in [4.78, 5) is 2.39. The molecule has 2 fully saturated rings. The van der Waals surface area contributed by atoms with Gasteiger partial charge in [-0.05, 0) is 11.8 Å². The molecule has 0 bridgehead atoms. The van der Waals surface area contributed by atoms with Crippen molar-refractivity contribution in [2.24, 2.45) is 5.41 Å². The Morgan fingerprint density at radius 2 is 2.00 bits per heavy atom. The number of alkyl halides is 1. The zero-order valence-corrected chi connectivity index (χ0v) is 10.9. The monoisotopic (exact) mass is 272 g/mol. The van der Waals surface area contributed by atoms with Crippen molar-refractivity contribution < 1.29 is 4.74 Å². The highest BCUT2D eigenvalue weighted by Gasteiger charge is 2.60. The lowest BCUT2D eigenvalue weighted by Gasteiger charge is -2.58. The molecule has 1 saturated heterocycles. The lowest BCUT2D eigenvalue weighted by molar-refractivity contribution is -0.0650. The average molecular weight is 273 g/mol. The fraction of sp³-hybridized carbons (Fsp3) is 0.909. The lowest BCUT2D eigenvalue weighted by atomic mass is 9.59. The highest BCUT2D eigenvalue weighted by molar-refractivity contribution is 9.10. The van der Waals surface area contributed by atoms with E-state index in [-0.39, 0.29) is 9.74 Å². The third-order valence-corrected chi connectivity index (χ3v) is 4.37. The van der Waals surface area contributed by atoms with Gasteiger partial charge >= 0.3 is 0 Å². The van der Waals surface area contributed by atoms with E-state index in [4.69, 9.17) is 4.74 Å². The van der Waals surface area contributed by atoms with Crippen LogP contribution in [0.15, 0.2) is 0 Å². The first kappa shape index (κ1) is 11.4. The summed E-state index contributed by atoms with van der Waals surface area (Å²) in [5.74, 6) is 0. The highest BCUT2D eigenvalue weighted by atomic mass is 79.9. The zero-order chi connectivity index (χ0) is 11.1. The fourth-order valence-corrected chi connectivity index (χ4v) is 4.70. The fourth-order valence-electron chi connectivity index (χ4n) is 3.06. The standard InChI is InChI=1S/C11H17BrN2O/c1-10(2)7-11(12,8-13)9(10)14-3-5-15-6-4-14/h9H,3-7H2,1-2H3. The van der Waals surface area contributed by atoms with Crippen LogP contribution in [0.2, 0.25) is 0 Å². The highest BCUT2D eigenvalue weighted by Crippen LogP contribution is 2.55. The Hall–Kier alpha value is -0.110. The molecular weight excluding hydrogens is 256 g/mol. The predicted octanol–water partition coefficient (Wildman–Crippen LogP) is 1.77. The van der Waals surface area contributed by atoms with Crippen LogP contribution in [0.1, 0.15) is 20.3 Å². The van der Waals surface area contributed by atoms with Crippen LogP contribution in [0.25, 0.3) is 0 Å². The van der Waals surface area contributed by atoms with E-state index < -0.39 is 0 Å². The van der Waals surface area contributed by atoms with Gasteiger partial charge < -0.3 is 4.74 Å². The molecule has 4 heteroatoms. The van der Waals surface area contributed by atoms with Gasteiger partial charge in [0.25, 0.3) is 0 Å². The summed E-state index contributed by atoms with van der Waals surface area (Å²) in [6.45, 7) is 7.96. The number of hydrogen-bond acceptors (Lipinski definition) is 3. The number of ether oxygens (including phenoxy) is 1. The quantitative estimate of drug-likeness (QED) is 0.683. The third kappa shape index (κ3) is 1.82. The molecule has 84 valence electrons. The van der Waals surface area contributed by atoms with Gasteiger partial charge in [0.15, 0.2) is 0 Å². The van der Waals surface area contributed by atoms with E-state index in [9.17, 15) is 5.26 Å². The van der Waals surface area contributed by atoms with Gasteiger partial charge in [-0.2, -0.15) is 5.26 Å². The normalized spacial score (nSPS) is 40.5. The molecule has 3 nitrogen and oxygen atoms in total. The van der Waals surface area contributed by atoms with Crippen LogP contribution in [-0.2, 0) is 4.74 Å². The first-order chi connectivity index (χ1) is 6.99. The summed E-state index contributed by atoms with van der Waals surface area (Å²) < 4.78 is 5.01. The lowest BCUT2D eigenvalue weighted by Crippen LogP contribution is -2.68. The number of hydrogen-bond donors (Lipinski definition) is 0. The Morgan fingerprint density at radius 3 is 2.47 bits per heavy atom. The molecule has 1 aliphatic heterocycles.